The molecule has 5 nitrogen and oxygen atoms in total. The zero-order valence-electron chi connectivity index (χ0n) is 14.1. The van der Waals surface area contributed by atoms with Crippen LogP contribution in [0.15, 0.2) is 0 Å². The maximum Gasteiger partial charge on any atom is 0.227 e. The number of carbonyl (C=O) groups excluding carboxylic acids is 1. The smallest absolute Gasteiger partial charge is 0.227 e. The summed E-state index contributed by atoms with van der Waals surface area (Å²) in [6, 6.07) is 0.746. The van der Waals surface area contributed by atoms with Crippen molar-refractivity contribution < 1.29 is 9.53 Å². The number of carbonyl (C=O) groups is 1. The summed E-state index contributed by atoms with van der Waals surface area (Å²) in [6.07, 6.45) is 9.30. The zero-order valence-corrected chi connectivity index (χ0v) is 14.1. The Bertz CT molecular complexity index is 337. The molecular weight excluding hydrogens is 278 g/mol. The van der Waals surface area contributed by atoms with Crippen molar-refractivity contribution >= 4 is 5.91 Å². The highest BCUT2D eigenvalue weighted by molar-refractivity contribution is 5.83. The molecule has 2 fully saturated rings. The van der Waals surface area contributed by atoms with E-state index in [1.54, 1.807) is 0 Å². The van der Waals surface area contributed by atoms with Crippen molar-refractivity contribution in [1.29, 1.82) is 0 Å². The molecule has 5 heteroatoms. The lowest BCUT2D eigenvalue weighted by atomic mass is 9.79. The second-order valence-corrected chi connectivity index (χ2v) is 6.98. The van der Waals surface area contributed by atoms with E-state index in [1.807, 2.05) is 0 Å². The molecule has 0 aromatic heterocycles. The van der Waals surface area contributed by atoms with Gasteiger partial charge < -0.3 is 20.7 Å². The van der Waals surface area contributed by atoms with E-state index in [-0.39, 0.29) is 5.91 Å². The van der Waals surface area contributed by atoms with Gasteiger partial charge in [0.05, 0.1) is 5.41 Å². The first-order valence-corrected chi connectivity index (χ1v) is 8.94. The first-order chi connectivity index (χ1) is 10.7. The van der Waals surface area contributed by atoms with E-state index in [2.05, 4.69) is 17.3 Å². The van der Waals surface area contributed by atoms with Gasteiger partial charge in [0, 0.05) is 32.3 Å². The molecule has 2 aliphatic rings. The number of amides is 1. The molecule has 1 saturated heterocycles. The van der Waals surface area contributed by atoms with Crippen molar-refractivity contribution in [2.75, 3.05) is 39.9 Å². The summed E-state index contributed by atoms with van der Waals surface area (Å²) in [5.41, 5.74) is 5.47. The van der Waals surface area contributed by atoms with Crippen LogP contribution in [0.4, 0.5) is 0 Å². The van der Waals surface area contributed by atoms with Gasteiger partial charge in [-0.25, -0.2) is 0 Å². The lowest BCUT2D eigenvalue weighted by Gasteiger charge is -2.34. The van der Waals surface area contributed by atoms with E-state index in [0.29, 0.717) is 19.8 Å². The molecule has 0 bridgehead atoms. The van der Waals surface area contributed by atoms with Crippen molar-refractivity contribution in [3.8, 4) is 0 Å². The normalized spacial score (nSPS) is 22.7. The van der Waals surface area contributed by atoms with Crippen LogP contribution >= 0.6 is 0 Å². The Hall–Kier alpha value is -0.650. The average Bonchev–Trinajstić information content (AvgIpc) is 2.59. The van der Waals surface area contributed by atoms with Gasteiger partial charge in [-0.05, 0) is 45.7 Å². The average molecular weight is 311 g/mol. The predicted octanol–water partition coefficient (Wildman–Crippen LogP) is 1.51. The number of nitrogens with one attached hydrogen (secondary N) is 1. The summed E-state index contributed by atoms with van der Waals surface area (Å²) in [6.45, 7) is 3.52. The van der Waals surface area contributed by atoms with E-state index in [4.69, 9.17) is 10.5 Å². The highest BCUT2D eigenvalue weighted by atomic mass is 16.5. The van der Waals surface area contributed by atoms with Crippen molar-refractivity contribution in [2.24, 2.45) is 11.1 Å². The molecule has 1 amide bonds. The Labute approximate surface area is 134 Å². The molecule has 128 valence electrons. The standard InChI is InChI=1S/C17H33N3O2/c1-20(15-6-3-2-4-7-15)11-5-10-19-16(21)17(14-18)8-12-22-13-9-17/h15H,2-14,18H2,1H3,(H,19,21). The molecule has 0 radical (unpaired) electrons. The van der Waals surface area contributed by atoms with Crippen molar-refractivity contribution in [1.82, 2.24) is 10.2 Å². The molecule has 0 atom stereocenters. The molecule has 1 saturated carbocycles. The fourth-order valence-corrected chi connectivity index (χ4v) is 3.71. The number of ether oxygens (including phenoxy) is 1. The molecule has 0 spiro atoms. The summed E-state index contributed by atoms with van der Waals surface area (Å²) in [4.78, 5) is 14.9. The summed E-state index contributed by atoms with van der Waals surface area (Å²) < 4.78 is 5.36. The molecule has 0 unspecified atom stereocenters. The highest BCUT2D eigenvalue weighted by Gasteiger charge is 2.38. The maximum absolute atomic E-state index is 12.4. The second kappa shape index (κ2) is 8.85. The topological polar surface area (TPSA) is 67.6 Å². The number of hydrogen-bond acceptors (Lipinski definition) is 4. The van der Waals surface area contributed by atoms with Crippen molar-refractivity contribution in [3.05, 3.63) is 0 Å². The van der Waals surface area contributed by atoms with Gasteiger partial charge in [-0.15, -0.1) is 0 Å². The van der Waals surface area contributed by atoms with E-state index in [1.165, 1.54) is 32.1 Å². The van der Waals surface area contributed by atoms with E-state index in [9.17, 15) is 4.79 Å². The van der Waals surface area contributed by atoms with Crippen LogP contribution in [0, 0.1) is 5.41 Å². The first kappa shape index (κ1) is 17.7. The Morgan fingerprint density at radius 1 is 1.27 bits per heavy atom. The molecule has 1 heterocycles. The van der Waals surface area contributed by atoms with Gasteiger partial charge in [-0.3, -0.25) is 4.79 Å². The monoisotopic (exact) mass is 311 g/mol. The lowest BCUT2D eigenvalue weighted by molar-refractivity contribution is -0.135. The second-order valence-electron chi connectivity index (χ2n) is 6.98. The fraction of sp³-hybridized carbons (Fsp3) is 0.941. The van der Waals surface area contributed by atoms with E-state index in [0.717, 1.165) is 38.4 Å². The Balaban J connectivity index is 1.65. The van der Waals surface area contributed by atoms with Gasteiger partial charge in [0.1, 0.15) is 0 Å². The Morgan fingerprint density at radius 3 is 2.59 bits per heavy atom. The zero-order chi connectivity index (χ0) is 15.8. The minimum atomic E-state index is -0.395. The molecule has 1 aliphatic heterocycles. The minimum absolute atomic E-state index is 0.124. The van der Waals surface area contributed by atoms with Gasteiger partial charge >= 0.3 is 0 Å². The summed E-state index contributed by atoms with van der Waals surface area (Å²) in [5, 5.41) is 3.10. The molecule has 2 rings (SSSR count). The van der Waals surface area contributed by atoms with Gasteiger partial charge in [0.25, 0.3) is 0 Å². The van der Waals surface area contributed by atoms with Crippen LogP contribution in [0.25, 0.3) is 0 Å². The molecule has 0 aromatic carbocycles. The van der Waals surface area contributed by atoms with Gasteiger partial charge in [-0.1, -0.05) is 19.3 Å². The number of rotatable bonds is 7. The third-order valence-electron chi connectivity index (χ3n) is 5.49. The van der Waals surface area contributed by atoms with Crippen LogP contribution in [0.1, 0.15) is 51.4 Å². The van der Waals surface area contributed by atoms with E-state index < -0.39 is 5.41 Å². The third-order valence-corrected chi connectivity index (χ3v) is 5.49. The van der Waals surface area contributed by atoms with Crippen LogP contribution in [0.2, 0.25) is 0 Å². The van der Waals surface area contributed by atoms with E-state index >= 15 is 0 Å². The SMILES string of the molecule is CN(CCCNC(=O)C1(CN)CCOCC1)C1CCCCC1. The number of nitrogens with two attached hydrogens (primary N) is 1. The summed E-state index contributed by atoms with van der Waals surface area (Å²) >= 11 is 0. The lowest BCUT2D eigenvalue weighted by Crippen LogP contribution is -2.49. The highest BCUT2D eigenvalue weighted by Crippen LogP contribution is 2.29. The molecule has 22 heavy (non-hydrogen) atoms. The maximum atomic E-state index is 12.4. The molecule has 3 N–H and O–H groups in total. The molecular formula is C17H33N3O2. The Morgan fingerprint density at radius 2 is 1.95 bits per heavy atom. The van der Waals surface area contributed by atoms with Crippen LogP contribution in [-0.4, -0.2) is 56.7 Å². The first-order valence-electron chi connectivity index (χ1n) is 8.94. The number of hydrogen-bond donors (Lipinski definition) is 2. The number of nitrogens with zero attached hydrogens (tertiary/aromatic N) is 1. The molecule has 1 aliphatic carbocycles. The van der Waals surface area contributed by atoms with Gasteiger partial charge in [0.15, 0.2) is 0 Å². The van der Waals surface area contributed by atoms with Crippen molar-refractivity contribution in [2.45, 2.75) is 57.4 Å². The van der Waals surface area contributed by atoms with Gasteiger partial charge in [0.2, 0.25) is 5.91 Å². The fourth-order valence-electron chi connectivity index (χ4n) is 3.71. The van der Waals surface area contributed by atoms with Gasteiger partial charge in [-0.2, -0.15) is 0 Å². The minimum Gasteiger partial charge on any atom is -0.381 e. The third kappa shape index (κ3) is 4.67. The summed E-state index contributed by atoms with van der Waals surface area (Å²) in [7, 11) is 2.22. The van der Waals surface area contributed by atoms with Crippen LogP contribution < -0.4 is 11.1 Å². The molecule has 0 aromatic rings. The van der Waals surface area contributed by atoms with Crippen molar-refractivity contribution in [3.63, 3.8) is 0 Å². The van der Waals surface area contributed by atoms with Crippen LogP contribution in [0.3, 0.4) is 0 Å². The summed E-state index contributed by atoms with van der Waals surface area (Å²) in [5.74, 6) is 0.124. The van der Waals surface area contributed by atoms with Crippen LogP contribution in [0.5, 0.6) is 0 Å². The van der Waals surface area contributed by atoms with Crippen LogP contribution in [-0.2, 0) is 9.53 Å². The largest absolute Gasteiger partial charge is 0.381 e. The predicted molar refractivity (Wildman–Crippen MR) is 88.7 cm³/mol. The quantitative estimate of drug-likeness (QED) is 0.700. The Kier molecular flexibility index (Phi) is 7.12.